The monoisotopic (exact) mass is 320 g/mol. The summed E-state index contributed by atoms with van der Waals surface area (Å²) in [5.74, 6) is -0.110. The molecule has 1 amide bonds. The van der Waals surface area contributed by atoms with E-state index in [9.17, 15) is 4.79 Å². The second-order valence-electron chi connectivity index (χ2n) is 5.83. The molecule has 0 radical (unpaired) electrons. The van der Waals surface area contributed by atoms with E-state index in [1.807, 2.05) is 55.8 Å². The minimum atomic E-state index is -0.110. The number of nitrogens with one attached hydrogen (secondary N) is 1. The molecule has 0 saturated heterocycles. The van der Waals surface area contributed by atoms with Crippen molar-refractivity contribution in [3.63, 3.8) is 0 Å². The fourth-order valence-electron chi connectivity index (χ4n) is 2.75. The molecular formula is C19H20N4O. The third kappa shape index (κ3) is 3.20. The average Bonchev–Trinajstić information content (AvgIpc) is 2.88. The number of hydrogen-bond donors (Lipinski definition) is 1. The zero-order chi connectivity index (χ0) is 17.1. The van der Waals surface area contributed by atoms with E-state index in [1.54, 1.807) is 12.4 Å². The third-order valence-corrected chi connectivity index (χ3v) is 3.97. The lowest BCUT2D eigenvalue weighted by Crippen LogP contribution is -2.24. The summed E-state index contributed by atoms with van der Waals surface area (Å²) in [4.78, 5) is 16.6. The van der Waals surface area contributed by atoms with Gasteiger partial charge in [0.2, 0.25) is 0 Å². The molecule has 5 nitrogen and oxygen atoms in total. The zero-order valence-electron chi connectivity index (χ0n) is 14.1. The molecule has 1 aromatic carbocycles. The van der Waals surface area contributed by atoms with Crippen molar-refractivity contribution >= 4 is 5.91 Å². The first-order valence-corrected chi connectivity index (χ1v) is 7.86. The van der Waals surface area contributed by atoms with Gasteiger partial charge in [-0.25, -0.2) is 4.68 Å². The van der Waals surface area contributed by atoms with Crippen LogP contribution in [0.15, 0.2) is 48.8 Å². The molecular weight excluding hydrogens is 300 g/mol. The first-order valence-electron chi connectivity index (χ1n) is 7.86. The molecule has 0 fully saturated rings. The van der Waals surface area contributed by atoms with Crippen molar-refractivity contribution in [1.29, 1.82) is 0 Å². The van der Waals surface area contributed by atoms with Crippen LogP contribution in [0.3, 0.4) is 0 Å². The lowest BCUT2D eigenvalue weighted by molar-refractivity contribution is 0.0949. The molecule has 2 aromatic heterocycles. The Morgan fingerprint density at radius 2 is 1.88 bits per heavy atom. The van der Waals surface area contributed by atoms with Gasteiger partial charge in [0.05, 0.1) is 22.6 Å². The number of pyridine rings is 1. The standard InChI is InChI=1S/C19H20N4O/c1-13-5-4-6-17(11-13)23-15(3)18(14(2)22-23)19(24)21-12-16-7-9-20-10-8-16/h4-11H,12H2,1-3H3,(H,21,24). The highest BCUT2D eigenvalue weighted by atomic mass is 16.1. The molecule has 5 heteroatoms. The number of aryl methyl sites for hydroxylation is 2. The van der Waals surface area contributed by atoms with Crippen molar-refractivity contribution in [2.45, 2.75) is 27.3 Å². The number of nitrogens with zero attached hydrogens (tertiary/aromatic N) is 3. The molecule has 24 heavy (non-hydrogen) atoms. The molecule has 3 rings (SSSR count). The Morgan fingerprint density at radius 1 is 1.12 bits per heavy atom. The van der Waals surface area contributed by atoms with E-state index < -0.39 is 0 Å². The van der Waals surface area contributed by atoms with Crippen molar-refractivity contribution in [3.05, 3.63) is 76.9 Å². The Bertz CT molecular complexity index is 868. The van der Waals surface area contributed by atoms with Crippen LogP contribution in [0.25, 0.3) is 5.69 Å². The van der Waals surface area contributed by atoms with E-state index in [-0.39, 0.29) is 5.91 Å². The maximum atomic E-state index is 12.6. The molecule has 0 atom stereocenters. The van der Waals surface area contributed by atoms with Gasteiger partial charge in [0.1, 0.15) is 0 Å². The smallest absolute Gasteiger partial charge is 0.255 e. The molecule has 0 unspecified atom stereocenters. The highest BCUT2D eigenvalue weighted by Gasteiger charge is 2.19. The summed E-state index contributed by atoms with van der Waals surface area (Å²) in [7, 11) is 0. The van der Waals surface area contributed by atoms with Crippen LogP contribution >= 0.6 is 0 Å². The first-order chi connectivity index (χ1) is 11.6. The third-order valence-electron chi connectivity index (χ3n) is 3.97. The molecule has 1 N–H and O–H groups in total. The summed E-state index contributed by atoms with van der Waals surface area (Å²) in [5.41, 5.74) is 5.32. The fourth-order valence-corrected chi connectivity index (χ4v) is 2.75. The van der Waals surface area contributed by atoms with Gasteiger partial charge in [0.15, 0.2) is 0 Å². The predicted octanol–water partition coefficient (Wildman–Crippen LogP) is 3.12. The summed E-state index contributed by atoms with van der Waals surface area (Å²) in [6.07, 6.45) is 3.43. The number of benzene rings is 1. The van der Waals surface area contributed by atoms with Crippen LogP contribution in [-0.2, 0) is 6.54 Å². The highest BCUT2D eigenvalue weighted by Crippen LogP contribution is 2.18. The number of rotatable bonds is 4. The van der Waals surface area contributed by atoms with Gasteiger partial charge in [-0.3, -0.25) is 9.78 Å². The van der Waals surface area contributed by atoms with Crippen molar-refractivity contribution in [1.82, 2.24) is 20.1 Å². The Labute approximate surface area is 141 Å². The van der Waals surface area contributed by atoms with Gasteiger partial charge in [0.25, 0.3) is 5.91 Å². The predicted molar refractivity (Wildman–Crippen MR) is 93.2 cm³/mol. The normalized spacial score (nSPS) is 10.6. The highest BCUT2D eigenvalue weighted by molar-refractivity contribution is 5.96. The molecule has 0 aliphatic heterocycles. The molecule has 0 bridgehead atoms. The summed E-state index contributed by atoms with van der Waals surface area (Å²) < 4.78 is 1.82. The largest absolute Gasteiger partial charge is 0.348 e. The molecule has 122 valence electrons. The number of amides is 1. The van der Waals surface area contributed by atoms with E-state index in [0.29, 0.717) is 12.1 Å². The van der Waals surface area contributed by atoms with Gasteiger partial charge in [-0.2, -0.15) is 5.10 Å². The summed E-state index contributed by atoms with van der Waals surface area (Å²) in [5, 5.41) is 7.50. The second kappa shape index (κ2) is 6.66. The van der Waals surface area contributed by atoms with E-state index in [4.69, 9.17) is 0 Å². The van der Waals surface area contributed by atoms with Crippen LogP contribution in [-0.4, -0.2) is 20.7 Å². The van der Waals surface area contributed by atoms with Gasteiger partial charge >= 0.3 is 0 Å². The number of carbonyl (C=O) groups excluding carboxylic acids is 1. The summed E-state index contributed by atoms with van der Waals surface area (Å²) in [6.45, 7) is 6.29. The van der Waals surface area contributed by atoms with Gasteiger partial charge < -0.3 is 5.32 Å². The van der Waals surface area contributed by atoms with Crippen LogP contribution < -0.4 is 5.32 Å². The van der Waals surface area contributed by atoms with E-state index >= 15 is 0 Å². The molecule has 0 aliphatic rings. The molecule has 0 spiro atoms. The van der Waals surface area contributed by atoms with Gasteiger partial charge in [0, 0.05) is 18.9 Å². The average molecular weight is 320 g/mol. The van der Waals surface area contributed by atoms with Gasteiger partial charge in [-0.15, -0.1) is 0 Å². The number of carbonyl (C=O) groups is 1. The zero-order valence-corrected chi connectivity index (χ0v) is 14.1. The second-order valence-corrected chi connectivity index (χ2v) is 5.83. The van der Waals surface area contributed by atoms with Crippen LogP contribution in [0.5, 0.6) is 0 Å². The Morgan fingerprint density at radius 3 is 2.58 bits per heavy atom. The van der Waals surface area contributed by atoms with Crippen LogP contribution in [0, 0.1) is 20.8 Å². The lowest BCUT2D eigenvalue weighted by Gasteiger charge is -2.07. The quantitative estimate of drug-likeness (QED) is 0.803. The van der Waals surface area contributed by atoms with E-state index in [0.717, 1.165) is 28.2 Å². The topological polar surface area (TPSA) is 59.8 Å². The fraction of sp³-hybridized carbons (Fsp3) is 0.211. The van der Waals surface area contributed by atoms with Crippen molar-refractivity contribution in [2.75, 3.05) is 0 Å². The van der Waals surface area contributed by atoms with E-state index in [1.165, 1.54) is 0 Å². The number of aromatic nitrogens is 3. The lowest BCUT2D eigenvalue weighted by atomic mass is 10.1. The van der Waals surface area contributed by atoms with Crippen molar-refractivity contribution in [3.8, 4) is 5.69 Å². The molecule has 3 aromatic rings. The van der Waals surface area contributed by atoms with E-state index in [2.05, 4.69) is 21.5 Å². The SMILES string of the molecule is Cc1cccc(-n2nc(C)c(C(=O)NCc3ccncc3)c2C)c1. The maximum absolute atomic E-state index is 12.6. The van der Waals surface area contributed by atoms with Crippen LogP contribution in [0.2, 0.25) is 0 Å². The molecule has 2 heterocycles. The van der Waals surface area contributed by atoms with Gasteiger partial charge in [-0.05, 0) is 56.2 Å². The van der Waals surface area contributed by atoms with Crippen molar-refractivity contribution in [2.24, 2.45) is 0 Å². The minimum Gasteiger partial charge on any atom is -0.348 e. The van der Waals surface area contributed by atoms with Crippen LogP contribution in [0.1, 0.15) is 32.9 Å². The minimum absolute atomic E-state index is 0.110. The van der Waals surface area contributed by atoms with Crippen molar-refractivity contribution < 1.29 is 4.79 Å². The first kappa shape index (κ1) is 15.9. The van der Waals surface area contributed by atoms with Gasteiger partial charge in [-0.1, -0.05) is 12.1 Å². The summed E-state index contributed by atoms with van der Waals surface area (Å²) in [6, 6.07) is 11.8. The van der Waals surface area contributed by atoms with Crippen LogP contribution in [0.4, 0.5) is 0 Å². The Kier molecular flexibility index (Phi) is 4.42. The molecule has 0 saturated carbocycles. The summed E-state index contributed by atoms with van der Waals surface area (Å²) >= 11 is 0. The molecule has 0 aliphatic carbocycles. The maximum Gasteiger partial charge on any atom is 0.255 e. The number of hydrogen-bond acceptors (Lipinski definition) is 3. The Balaban J connectivity index is 1.85. The Hall–Kier alpha value is -2.95.